The van der Waals surface area contributed by atoms with E-state index in [0.29, 0.717) is 6.04 Å². The molecule has 0 aliphatic carbocycles. The van der Waals surface area contributed by atoms with Gasteiger partial charge < -0.3 is 10.1 Å². The highest BCUT2D eigenvalue weighted by atomic mass is 16.5. The van der Waals surface area contributed by atoms with E-state index in [1.807, 2.05) is 25.1 Å². The summed E-state index contributed by atoms with van der Waals surface area (Å²) in [6.45, 7) is 3.83. The third-order valence-corrected chi connectivity index (χ3v) is 2.71. The van der Waals surface area contributed by atoms with E-state index < -0.39 is 0 Å². The van der Waals surface area contributed by atoms with Crippen LogP contribution in [-0.2, 0) is 0 Å². The van der Waals surface area contributed by atoms with Crippen molar-refractivity contribution in [3.05, 3.63) is 23.9 Å². The highest BCUT2D eigenvalue weighted by molar-refractivity contribution is 5.14. The number of nitrogens with zero attached hydrogens (tertiary/aromatic N) is 1. The van der Waals surface area contributed by atoms with E-state index in [9.17, 15) is 0 Å². The molecule has 3 heteroatoms. The van der Waals surface area contributed by atoms with Crippen LogP contribution in [0.1, 0.15) is 25.0 Å². The molecule has 0 spiro atoms. The molecule has 0 amide bonds. The summed E-state index contributed by atoms with van der Waals surface area (Å²) in [5.74, 6) is 0.738. The SMILES string of the molecule is Cc1cccc(OCC2CCCCN2)n1. The molecule has 15 heavy (non-hydrogen) atoms. The fourth-order valence-corrected chi connectivity index (χ4v) is 1.85. The molecule has 1 saturated heterocycles. The van der Waals surface area contributed by atoms with Crippen molar-refractivity contribution in [3.63, 3.8) is 0 Å². The Bertz CT molecular complexity index is 308. The number of ether oxygens (including phenoxy) is 1. The molecule has 1 aliphatic heterocycles. The van der Waals surface area contributed by atoms with E-state index in [2.05, 4.69) is 10.3 Å². The van der Waals surface area contributed by atoms with Crippen LogP contribution in [0, 0.1) is 6.92 Å². The Kier molecular flexibility index (Phi) is 3.56. The van der Waals surface area contributed by atoms with Gasteiger partial charge in [0, 0.05) is 17.8 Å². The Morgan fingerprint density at radius 2 is 2.40 bits per heavy atom. The quantitative estimate of drug-likeness (QED) is 0.820. The lowest BCUT2D eigenvalue weighted by Crippen LogP contribution is -2.38. The van der Waals surface area contributed by atoms with Crippen molar-refractivity contribution in [1.82, 2.24) is 10.3 Å². The summed E-state index contributed by atoms with van der Waals surface area (Å²) in [4.78, 5) is 4.31. The van der Waals surface area contributed by atoms with Crippen LogP contribution in [0.15, 0.2) is 18.2 Å². The Balaban J connectivity index is 1.81. The number of hydrogen-bond donors (Lipinski definition) is 1. The van der Waals surface area contributed by atoms with Crippen LogP contribution in [0.25, 0.3) is 0 Å². The largest absolute Gasteiger partial charge is 0.476 e. The van der Waals surface area contributed by atoms with Crippen molar-refractivity contribution in [2.24, 2.45) is 0 Å². The Morgan fingerprint density at radius 3 is 3.13 bits per heavy atom. The molecular formula is C12H18N2O. The molecule has 0 radical (unpaired) electrons. The summed E-state index contributed by atoms with van der Waals surface area (Å²) in [5.41, 5.74) is 1.00. The van der Waals surface area contributed by atoms with E-state index in [0.717, 1.165) is 24.7 Å². The lowest BCUT2D eigenvalue weighted by molar-refractivity contribution is 0.232. The summed E-state index contributed by atoms with van der Waals surface area (Å²) in [6.07, 6.45) is 3.81. The maximum atomic E-state index is 5.65. The number of nitrogens with one attached hydrogen (secondary N) is 1. The molecule has 0 bridgehead atoms. The standard InChI is InChI=1S/C12H18N2O/c1-10-5-4-7-12(14-10)15-9-11-6-2-3-8-13-11/h4-5,7,11,13H,2-3,6,8-9H2,1H3. The molecule has 82 valence electrons. The zero-order chi connectivity index (χ0) is 10.5. The first-order chi connectivity index (χ1) is 7.34. The molecule has 1 unspecified atom stereocenters. The van der Waals surface area contributed by atoms with Crippen LogP contribution >= 0.6 is 0 Å². The lowest BCUT2D eigenvalue weighted by Gasteiger charge is -2.23. The minimum Gasteiger partial charge on any atom is -0.476 e. The Labute approximate surface area is 90.9 Å². The predicted molar refractivity (Wildman–Crippen MR) is 60.1 cm³/mol. The summed E-state index contributed by atoms with van der Waals surface area (Å²) < 4.78 is 5.65. The molecule has 3 nitrogen and oxygen atoms in total. The molecule has 1 N–H and O–H groups in total. The van der Waals surface area contributed by atoms with Gasteiger partial charge in [0.25, 0.3) is 0 Å². The first-order valence-electron chi connectivity index (χ1n) is 5.64. The van der Waals surface area contributed by atoms with Crippen LogP contribution in [0.4, 0.5) is 0 Å². The minimum absolute atomic E-state index is 0.501. The molecule has 2 rings (SSSR count). The van der Waals surface area contributed by atoms with Crippen molar-refractivity contribution in [2.75, 3.05) is 13.2 Å². The number of pyridine rings is 1. The molecule has 1 aromatic heterocycles. The van der Waals surface area contributed by atoms with Crippen molar-refractivity contribution in [2.45, 2.75) is 32.2 Å². The second-order valence-corrected chi connectivity index (χ2v) is 4.08. The second kappa shape index (κ2) is 5.12. The average Bonchev–Trinajstić information content (AvgIpc) is 2.28. The van der Waals surface area contributed by atoms with E-state index in [1.165, 1.54) is 19.3 Å². The van der Waals surface area contributed by atoms with Gasteiger partial charge in [-0.1, -0.05) is 12.5 Å². The maximum absolute atomic E-state index is 5.65. The highest BCUT2D eigenvalue weighted by Gasteiger charge is 2.12. The molecule has 1 fully saturated rings. The van der Waals surface area contributed by atoms with Crippen LogP contribution in [0.2, 0.25) is 0 Å². The van der Waals surface area contributed by atoms with E-state index in [4.69, 9.17) is 4.74 Å². The molecule has 1 atom stereocenters. The minimum atomic E-state index is 0.501. The van der Waals surface area contributed by atoms with Gasteiger partial charge in [0.2, 0.25) is 5.88 Å². The Hall–Kier alpha value is -1.09. The van der Waals surface area contributed by atoms with Crippen LogP contribution in [0.5, 0.6) is 5.88 Å². The highest BCUT2D eigenvalue weighted by Crippen LogP contribution is 2.10. The molecule has 0 saturated carbocycles. The molecule has 1 aromatic rings. The summed E-state index contributed by atoms with van der Waals surface area (Å²) >= 11 is 0. The first-order valence-corrected chi connectivity index (χ1v) is 5.64. The smallest absolute Gasteiger partial charge is 0.213 e. The van der Waals surface area contributed by atoms with Gasteiger partial charge in [-0.3, -0.25) is 0 Å². The van der Waals surface area contributed by atoms with Gasteiger partial charge in [-0.05, 0) is 32.4 Å². The number of rotatable bonds is 3. The fourth-order valence-electron chi connectivity index (χ4n) is 1.85. The fraction of sp³-hybridized carbons (Fsp3) is 0.583. The van der Waals surface area contributed by atoms with Crippen molar-refractivity contribution >= 4 is 0 Å². The van der Waals surface area contributed by atoms with Gasteiger partial charge in [0.05, 0.1) is 0 Å². The van der Waals surface area contributed by atoms with Gasteiger partial charge >= 0.3 is 0 Å². The number of aryl methyl sites for hydroxylation is 1. The zero-order valence-corrected chi connectivity index (χ0v) is 9.20. The predicted octanol–water partition coefficient (Wildman–Crippen LogP) is 1.91. The zero-order valence-electron chi connectivity index (χ0n) is 9.20. The van der Waals surface area contributed by atoms with Crippen LogP contribution in [-0.4, -0.2) is 24.2 Å². The van der Waals surface area contributed by atoms with E-state index >= 15 is 0 Å². The second-order valence-electron chi connectivity index (χ2n) is 4.08. The summed E-state index contributed by atoms with van der Waals surface area (Å²) in [7, 11) is 0. The number of hydrogen-bond acceptors (Lipinski definition) is 3. The topological polar surface area (TPSA) is 34.1 Å². The summed E-state index contributed by atoms with van der Waals surface area (Å²) in [6, 6.07) is 6.37. The van der Waals surface area contributed by atoms with Gasteiger partial charge in [0.1, 0.15) is 6.61 Å². The number of piperidine rings is 1. The monoisotopic (exact) mass is 206 g/mol. The van der Waals surface area contributed by atoms with Crippen molar-refractivity contribution < 1.29 is 4.74 Å². The van der Waals surface area contributed by atoms with Crippen molar-refractivity contribution in [1.29, 1.82) is 0 Å². The van der Waals surface area contributed by atoms with Gasteiger partial charge in [-0.25, -0.2) is 4.98 Å². The number of aromatic nitrogens is 1. The lowest BCUT2D eigenvalue weighted by atomic mass is 10.1. The van der Waals surface area contributed by atoms with E-state index in [1.54, 1.807) is 0 Å². The summed E-state index contributed by atoms with van der Waals surface area (Å²) in [5, 5.41) is 3.45. The molecule has 2 heterocycles. The van der Waals surface area contributed by atoms with Gasteiger partial charge in [-0.15, -0.1) is 0 Å². The van der Waals surface area contributed by atoms with Crippen molar-refractivity contribution in [3.8, 4) is 5.88 Å². The molecular weight excluding hydrogens is 188 g/mol. The van der Waals surface area contributed by atoms with Crippen LogP contribution in [0.3, 0.4) is 0 Å². The maximum Gasteiger partial charge on any atom is 0.213 e. The van der Waals surface area contributed by atoms with E-state index in [-0.39, 0.29) is 0 Å². The average molecular weight is 206 g/mol. The third-order valence-electron chi connectivity index (χ3n) is 2.71. The molecule has 1 aliphatic rings. The first kappa shape index (κ1) is 10.4. The van der Waals surface area contributed by atoms with Gasteiger partial charge in [-0.2, -0.15) is 0 Å². The molecule has 0 aromatic carbocycles. The Morgan fingerprint density at radius 1 is 1.47 bits per heavy atom. The van der Waals surface area contributed by atoms with Gasteiger partial charge in [0.15, 0.2) is 0 Å². The third kappa shape index (κ3) is 3.20. The normalized spacial score (nSPS) is 21.3. The van der Waals surface area contributed by atoms with Crippen LogP contribution < -0.4 is 10.1 Å².